The standard InChI is InChI=1S/C30H36N8O3/c1-19(39)34-28-6-5-21(17-33-28)24-14-20-4-3-10-37(27(20)15-22(24)16-31)29-25-18-36(30(40)32-2)11-7-26(25)38(35-29)23-8-12-41-13-9-23/h5-6,14-15,17,23,30,32,40H,3-4,7-13,18H2,1-2H3,(H,33,34,39). The zero-order chi connectivity index (χ0) is 28.5. The number of carbonyl (C=O) groups excluding carboxylic acids is 1. The zero-order valence-corrected chi connectivity index (χ0v) is 23.6. The number of aliphatic hydroxyl groups is 1. The quantitative estimate of drug-likeness (QED) is 0.392. The van der Waals surface area contributed by atoms with Crippen molar-refractivity contribution in [3.63, 3.8) is 0 Å². The highest BCUT2D eigenvalue weighted by atomic mass is 16.5. The van der Waals surface area contributed by atoms with Crippen LogP contribution in [0.25, 0.3) is 11.1 Å². The molecular formula is C30H36N8O3. The van der Waals surface area contributed by atoms with E-state index in [1.807, 2.05) is 17.0 Å². The minimum absolute atomic E-state index is 0.179. The lowest BCUT2D eigenvalue weighted by Crippen LogP contribution is -2.46. The minimum Gasteiger partial charge on any atom is -0.381 e. The Morgan fingerprint density at radius 3 is 2.76 bits per heavy atom. The molecule has 0 radical (unpaired) electrons. The third-order valence-electron chi connectivity index (χ3n) is 8.33. The largest absolute Gasteiger partial charge is 0.381 e. The Balaban J connectivity index is 1.40. The third-order valence-corrected chi connectivity index (χ3v) is 8.33. The predicted molar refractivity (Wildman–Crippen MR) is 155 cm³/mol. The summed E-state index contributed by atoms with van der Waals surface area (Å²) >= 11 is 0. The topological polar surface area (TPSA) is 132 Å². The van der Waals surface area contributed by atoms with E-state index in [0.717, 1.165) is 92.2 Å². The SMILES string of the molecule is CNC(O)N1CCc2c(c(N3CCCc4cc(-c5ccc(NC(C)=O)nc5)c(C#N)cc43)nn2C2CCOCC2)C1. The first kappa shape index (κ1) is 27.4. The van der Waals surface area contributed by atoms with E-state index in [9.17, 15) is 15.2 Å². The van der Waals surface area contributed by atoms with Gasteiger partial charge in [-0.1, -0.05) is 0 Å². The summed E-state index contributed by atoms with van der Waals surface area (Å²) in [4.78, 5) is 20.1. The molecular weight excluding hydrogens is 520 g/mol. The maximum atomic E-state index is 11.4. The molecule has 5 heterocycles. The molecule has 1 atom stereocenters. The number of fused-ring (bicyclic) bond motifs is 2. The molecule has 11 heteroatoms. The van der Waals surface area contributed by atoms with Gasteiger partial charge in [0, 0.05) is 80.5 Å². The van der Waals surface area contributed by atoms with Gasteiger partial charge in [-0.3, -0.25) is 19.7 Å². The Bertz CT molecular complexity index is 1470. The van der Waals surface area contributed by atoms with Crippen LogP contribution < -0.4 is 15.5 Å². The highest BCUT2D eigenvalue weighted by molar-refractivity contribution is 5.88. The molecule has 1 unspecified atom stereocenters. The van der Waals surface area contributed by atoms with E-state index in [2.05, 4.69) is 37.3 Å². The number of hydrogen-bond donors (Lipinski definition) is 3. The molecule has 3 aliphatic rings. The molecule has 1 amide bonds. The number of hydrogen-bond acceptors (Lipinski definition) is 9. The number of amides is 1. The summed E-state index contributed by atoms with van der Waals surface area (Å²) < 4.78 is 7.87. The van der Waals surface area contributed by atoms with E-state index in [1.54, 1.807) is 19.3 Å². The number of aryl methyl sites for hydroxylation is 1. The van der Waals surface area contributed by atoms with Crippen molar-refractivity contribution in [3.8, 4) is 17.2 Å². The van der Waals surface area contributed by atoms with E-state index >= 15 is 0 Å². The number of nitrogens with one attached hydrogen (secondary N) is 2. The van der Waals surface area contributed by atoms with Crippen LogP contribution in [0.3, 0.4) is 0 Å². The predicted octanol–water partition coefficient (Wildman–Crippen LogP) is 3.06. The lowest BCUT2D eigenvalue weighted by molar-refractivity contribution is -0.114. The summed E-state index contributed by atoms with van der Waals surface area (Å²) in [7, 11) is 1.76. The monoisotopic (exact) mass is 556 g/mol. The number of aromatic nitrogens is 3. The van der Waals surface area contributed by atoms with Crippen molar-refractivity contribution in [3.05, 3.63) is 52.8 Å². The van der Waals surface area contributed by atoms with Crippen LogP contribution in [-0.4, -0.2) is 70.4 Å². The number of ether oxygens (including phenoxy) is 1. The number of pyridine rings is 1. The summed E-state index contributed by atoms with van der Waals surface area (Å²) in [5.41, 5.74) is 6.76. The highest BCUT2D eigenvalue weighted by Gasteiger charge is 2.34. The van der Waals surface area contributed by atoms with Crippen LogP contribution in [-0.2, 0) is 28.9 Å². The van der Waals surface area contributed by atoms with E-state index in [4.69, 9.17) is 9.84 Å². The van der Waals surface area contributed by atoms with Gasteiger partial charge in [0.25, 0.3) is 0 Å². The average molecular weight is 557 g/mol. The van der Waals surface area contributed by atoms with Crippen LogP contribution in [0.1, 0.15) is 54.6 Å². The lowest BCUT2D eigenvalue weighted by atomic mass is 9.92. The summed E-state index contributed by atoms with van der Waals surface area (Å²) in [6.07, 6.45) is 5.50. The van der Waals surface area contributed by atoms with Crippen LogP contribution in [0.2, 0.25) is 0 Å². The number of nitriles is 1. The van der Waals surface area contributed by atoms with Gasteiger partial charge in [0.2, 0.25) is 5.91 Å². The molecule has 1 fully saturated rings. The molecule has 0 spiro atoms. The van der Waals surface area contributed by atoms with Crippen molar-refractivity contribution in [2.45, 2.75) is 58.0 Å². The van der Waals surface area contributed by atoms with Gasteiger partial charge in [-0.15, -0.1) is 0 Å². The van der Waals surface area contributed by atoms with Gasteiger partial charge in [-0.25, -0.2) is 4.98 Å². The van der Waals surface area contributed by atoms with Crippen molar-refractivity contribution >= 4 is 23.2 Å². The zero-order valence-electron chi connectivity index (χ0n) is 23.6. The van der Waals surface area contributed by atoms with E-state index in [0.29, 0.717) is 24.0 Å². The maximum Gasteiger partial charge on any atom is 0.222 e. The average Bonchev–Trinajstić information content (AvgIpc) is 3.39. The fraction of sp³-hybridized carbons (Fsp3) is 0.467. The molecule has 3 aliphatic heterocycles. The van der Waals surface area contributed by atoms with Crippen LogP contribution >= 0.6 is 0 Å². The first-order valence-corrected chi connectivity index (χ1v) is 14.3. The Labute approximate surface area is 239 Å². The number of carbonyl (C=O) groups is 1. The lowest BCUT2D eigenvalue weighted by Gasteiger charge is -2.34. The molecule has 1 saturated heterocycles. The van der Waals surface area contributed by atoms with Gasteiger partial charge in [0.15, 0.2) is 12.2 Å². The Kier molecular flexibility index (Phi) is 7.73. The first-order valence-electron chi connectivity index (χ1n) is 14.3. The van der Waals surface area contributed by atoms with Crippen molar-refractivity contribution < 1.29 is 14.6 Å². The van der Waals surface area contributed by atoms with Gasteiger partial charge >= 0.3 is 0 Å². The number of nitrogens with zero attached hydrogens (tertiary/aromatic N) is 6. The summed E-state index contributed by atoms with van der Waals surface area (Å²) in [5, 5.41) is 31.7. The molecule has 214 valence electrons. The maximum absolute atomic E-state index is 11.4. The van der Waals surface area contributed by atoms with Crippen molar-refractivity contribution in [2.24, 2.45) is 0 Å². The Hall–Kier alpha value is -3.82. The van der Waals surface area contributed by atoms with Crippen LogP contribution in [0.15, 0.2) is 30.5 Å². The molecule has 0 aliphatic carbocycles. The first-order chi connectivity index (χ1) is 20.0. The second kappa shape index (κ2) is 11.6. The van der Waals surface area contributed by atoms with Crippen molar-refractivity contribution in [2.75, 3.05) is 43.6 Å². The van der Waals surface area contributed by atoms with Gasteiger partial charge < -0.3 is 20.1 Å². The molecule has 1 aromatic carbocycles. The fourth-order valence-electron chi connectivity index (χ4n) is 6.28. The number of anilines is 3. The normalized spacial score (nSPS) is 18.3. The van der Waals surface area contributed by atoms with Crippen molar-refractivity contribution in [1.29, 1.82) is 5.26 Å². The molecule has 11 nitrogen and oxygen atoms in total. The molecule has 2 aromatic heterocycles. The van der Waals surface area contributed by atoms with E-state index in [-0.39, 0.29) is 5.91 Å². The smallest absolute Gasteiger partial charge is 0.222 e. The summed E-state index contributed by atoms with van der Waals surface area (Å²) in [6.45, 7) is 5.06. The number of rotatable bonds is 6. The Morgan fingerprint density at radius 2 is 2.05 bits per heavy atom. The fourth-order valence-corrected chi connectivity index (χ4v) is 6.28. The second-order valence-electron chi connectivity index (χ2n) is 10.9. The Morgan fingerprint density at radius 1 is 1.22 bits per heavy atom. The van der Waals surface area contributed by atoms with Gasteiger partial charge in [-0.2, -0.15) is 10.4 Å². The minimum atomic E-state index is -0.727. The number of benzene rings is 1. The van der Waals surface area contributed by atoms with Gasteiger partial charge in [0.1, 0.15) is 5.82 Å². The summed E-state index contributed by atoms with van der Waals surface area (Å²) in [6, 6.07) is 10.4. The molecule has 41 heavy (non-hydrogen) atoms. The summed E-state index contributed by atoms with van der Waals surface area (Å²) in [5.74, 6) is 1.21. The van der Waals surface area contributed by atoms with Crippen LogP contribution in [0.4, 0.5) is 17.3 Å². The molecule has 0 bridgehead atoms. The molecule has 3 N–H and O–H groups in total. The number of aliphatic hydroxyl groups excluding tert-OH is 1. The molecule has 6 rings (SSSR count). The van der Waals surface area contributed by atoms with E-state index < -0.39 is 6.35 Å². The van der Waals surface area contributed by atoms with E-state index in [1.165, 1.54) is 12.6 Å². The van der Waals surface area contributed by atoms with Crippen molar-refractivity contribution in [1.82, 2.24) is 25.0 Å². The molecule has 0 saturated carbocycles. The molecule has 3 aromatic rings. The van der Waals surface area contributed by atoms with Crippen LogP contribution in [0, 0.1) is 11.3 Å². The second-order valence-corrected chi connectivity index (χ2v) is 10.9. The third kappa shape index (κ3) is 5.31. The van der Waals surface area contributed by atoms with Gasteiger partial charge in [-0.05, 0) is 62.6 Å². The highest BCUT2D eigenvalue weighted by Crippen LogP contribution is 2.41. The van der Waals surface area contributed by atoms with Crippen LogP contribution in [0.5, 0.6) is 0 Å². The van der Waals surface area contributed by atoms with Gasteiger partial charge in [0.05, 0.1) is 17.7 Å².